The first-order valence-electron chi connectivity index (χ1n) is 11.6. The number of likely N-dealkylation sites (tertiary alicyclic amines) is 1. The summed E-state index contributed by atoms with van der Waals surface area (Å²) in [7, 11) is 0. The van der Waals surface area contributed by atoms with Gasteiger partial charge in [-0.25, -0.2) is 13.8 Å². The number of hydrogen-bond acceptors (Lipinski definition) is 4. The molecular weight excluding hydrogens is 414 g/mol. The van der Waals surface area contributed by atoms with Crippen LogP contribution in [0.1, 0.15) is 78.4 Å². The molecule has 170 valence electrons. The SMILES string of the molecule is O=C(c1ccc(F)c(F)c1)N1CCCC[C@H]1c1nc2c(c(=O)[nH]1)CCN(C1CCCC1)C2. The number of halogens is 2. The van der Waals surface area contributed by atoms with Crippen LogP contribution in [0.2, 0.25) is 0 Å². The molecule has 0 radical (unpaired) electrons. The Kier molecular flexibility index (Phi) is 5.80. The smallest absolute Gasteiger partial charge is 0.254 e. The summed E-state index contributed by atoms with van der Waals surface area (Å²) >= 11 is 0. The number of hydrogen-bond donors (Lipinski definition) is 1. The first-order chi connectivity index (χ1) is 15.5. The molecule has 32 heavy (non-hydrogen) atoms. The van der Waals surface area contributed by atoms with Gasteiger partial charge in [-0.3, -0.25) is 14.5 Å². The first kappa shape index (κ1) is 21.2. The summed E-state index contributed by atoms with van der Waals surface area (Å²) in [5.41, 5.74) is 1.54. The highest BCUT2D eigenvalue weighted by atomic mass is 19.2. The summed E-state index contributed by atoms with van der Waals surface area (Å²) in [5, 5.41) is 0. The molecule has 3 heterocycles. The summed E-state index contributed by atoms with van der Waals surface area (Å²) in [6, 6.07) is 3.39. The molecule has 0 unspecified atom stereocenters. The average molecular weight is 443 g/mol. The lowest BCUT2D eigenvalue weighted by Gasteiger charge is -2.36. The molecule has 6 nitrogen and oxygen atoms in total. The standard InChI is InChI=1S/C24H28F2N4O2/c25-18-9-8-15(13-19(18)26)24(32)30-11-4-3-7-21(30)22-27-20-14-29(16-5-1-2-6-16)12-10-17(20)23(31)28-22/h8-9,13,16,21H,1-7,10-12,14H2,(H,27,28,31)/t21-/m0/s1. The molecule has 2 aliphatic heterocycles. The quantitative estimate of drug-likeness (QED) is 0.787. The lowest BCUT2D eigenvalue weighted by atomic mass is 9.98. The Hall–Kier alpha value is -2.61. The monoisotopic (exact) mass is 442 g/mol. The maximum atomic E-state index is 13.7. The van der Waals surface area contributed by atoms with Gasteiger partial charge in [0.05, 0.1) is 11.7 Å². The maximum Gasteiger partial charge on any atom is 0.254 e. The van der Waals surface area contributed by atoms with Crippen molar-refractivity contribution in [3.63, 3.8) is 0 Å². The summed E-state index contributed by atoms with van der Waals surface area (Å²) in [6.07, 6.45) is 7.99. The highest BCUT2D eigenvalue weighted by Gasteiger charge is 2.33. The average Bonchev–Trinajstić information content (AvgIpc) is 3.35. The summed E-state index contributed by atoms with van der Waals surface area (Å²) < 4.78 is 27.1. The molecule has 2 fully saturated rings. The van der Waals surface area contributed by atoms with Crippen molar-refractivity contribution in [2.24, 2.45) is 0 Å². The number of aromatic amines is 1. The van der Waals surface area contributed by atoms with Crippen LogP contribution < -0.4 is 5.56 Å². The number of H-pyrrole nitrogens is 1. The molecule has 5 rings (SSSR count). The Morgan fingerprint density at radius 3 is 2.59 bits per heavy atom. The minimum Gasteiger partial charge on any atom is -0.328 e. The van der Waals surface area contributed by atoms with Crippen molar-refractivity contribution in [1.82, 2.24) is 19.8 Å². The van der Waals surface area contributed by atoms with Gasteiger partial charge in [0.15, 0.2) is 11.6 Å². The Labute approximate surface area is 185 Å². The minimum atomic E-state index is -1.04. The Morgan fingerprint density at radius 1 is 1.03 bits per heavy atom. The predicted octanol–water partition coefficient (Wildman–Crippen LogP) is 3.72. The normalized spacial score (nSPS) is 22.2. The number of rotatable bonds is 3. The molecule has 8 heteroatoms. The third kappa shape index (κ3) is 3.96. The number of piperidine rings is 1. The van der Waals surface area contributed by atoms with E-state index in [2.05, 4.69) is 9.88 Å². The van der Waals surface area contributed by atoms with E-state index in [0.717, 1.165) is 42.8 Å². The van der Waals surface area contributed by atoms with E-state index in [0.29, 0.717) is 37.8 Å². The van der Waals surface area contributed by atoms with Crippen LogP contribution in [0.4, 0.5) is 8.78 Å². The van der Waals surface area contributed by atoms with E-state index in [-0.39, 0.29) is 23.1 Å². The summed E-state index contributed by atoms with van der Waals surface area (Å²) in [6.45, 7) is 2.03. The molecule has 1 saturated heterocycles. The number of fused-ring (bicyclic) bond motifs is 1. The molecule has 0 bridgehead atoms. The number of benzene rings is 1. The van der Waals surface area contributed by atoms with E-state index in [1.54, 1.807) is 4.90 Å². The van der Waals surface area contributed by atoms with Crippen molar-refractivity contribution in [3.05, 3.63) is 62.8 Å². The van der Waals surface area contributed by atoms with Gasteiger partial charge in [0.25, 0.3) is 11.5 Å². The second kappa shape index (κ2) is 8.73. The zero-order valence-electron chi connectivity index (χ0n) is 18.1. The largest absolute Gasteiger partial charge is 0.328 e. The Morgan fingerprint density at radius 2 is 1.81 bits per heavy atom. The van der Waals surface area contributed by atoms with Crippen molar-refractivity contribution in [1.29, 1.82) is 0 Å². The molecule has 0 spiro atoms. The topological polar surface area (TPSA) is 69.3 Å². The fourth-order valence-electron chi connectivity index (χ4n) is 5.47. The Bertz CT molecular complexity index is 1080. The van der Waals surface area contributed by atoms with E-state index >= 15 is 0 Å². The maximum absolute atomic E-state index is 13.7. The van der Waals surface area contributed by atoms with Crippen LogP contribution in [0.5, 0.6) is 0 Å². The van der Waals surface area contributed by atoms with Crippen LogP contribution in [-0.2, 0) is 13.0 Å². The fourth-order valence-corrected chi connectivity index (χ4v) is 5.47. The minimum absolute atomic E-state index is 0.100. The van der Waals surface area contributed by atoms with E-state index in [4.69, 9.17) is 4.98 Å². The van der Waals surface area contributed by atoms with Gasteiger partial charge >= 0.3 is 0 Å². The van der Waals surface area contributed by atoms with E-state index in [9.17, 15) is 18.4 Å². The van der Waals surface area contributed by atoms with Gasteiger partial charge in [0.2, 0.25) is 0 Å². The zero-order valence-corrected chi connectivity index (χ0v) is 18.1. The Balaban J connectivity index is 1.44. The van der Waals surface area contributed by atoms with Gasteiger partial charge in [-0.2, -0.15) is 0 Å². The van der Waals surface area contributed by atoms with Crippen molar-refractivity contribution >= 4 is 5.91 Å². The van der Waals surface area contributed by atoms with Crippen LogP contribution in [0.25, 0.3) is 0 Å². The number of amides is 1. The first-order valence-corrected chi connectivity index (χ1v) is 11.6. The van der Waals surface area contributed by atoms with Crippen molar-refractivity contribution in [3.8, 4) is 0 Å². The fraction of sp³-hybridized carbons (Fsp3) is 0.542. The number of aromatic nitrogens is 2. The lowest BCUT2D eigenvalue weighted by Crippen LogP contribution is -2.43. The lowest BCUT2D eigenvalue weighted by molar-refractivity contribution is 0.0597. The van der Waals surface area contributed by atoms with Gasteiger partial charge < -0.3 is 9.88 Å². The predicted molar refractivity (Wildman–Crippen MR) is 115 cm³/mol. The molecule has 3 aliphatic rings. The highest BCUT2D eigenvalue weighted by Crippen LogP contribution is 2.32. The van der Waals surface area contributed by atoms with Crippen LogP contribution in [-0.4, -0.2) is 44.8 Å². The molecule has 1 N–H and O–H groups in total. The van der Waals surface area contributed by atoms with Crippen molar-refractivity contribution in [2.75, 3.05) is 13.1 Å². The molecule has 1 aromatic heterocycles. The van der Waals surface area contributed by atoms with Crippen LogP contribution >= 0.6 is 0 Å². The van der Waals surface area contributed by atoms with E-state index in [1.807, 2.05) is 0 Å². The number of nitrogens with zero attached hydrogens (tertiary/aromatic N) is 3. The second-order valence-electron chi connectivity index (χ2n) is 9.17. The third-order valence-electron chi connectivity index (χ3n) is 7.21. The molecule has 1 amide bonds. The summed E-state index contributed by atoms with van der Waals surface area (Å²) in [4.78, 5) is 37.9. The number of nitrogens with one attached hydrogen (secondary N) is 1. The van der Waals surface area contributed by atoms with E-state index < -0.39 is 11.6 Å². The molecule has 2 aromatic rings. The van der Waals surface area contributed by atoms with Crippen LogP contribution in [0.15, 0.2) is 23.0 Å². The van der Waals surface area contributed by atoms with Crippen molar-refractivity contribution < 1.29 is 13.6 Å². The van der Waals surface area contributed by atoms with Gasteiger partial charge in [-0.05, 0) is 56.7 Å². The molecular formula is C24H28F2N4O2. The van der Waals surface area contributed by atoms with Crippen LogP contribution in [0.3, 0.4) is 0 Å². The van der Waals surface area contributed by atoms with Gasteiger partial charge in [0, 0.05) is 36.8 Å². The van der Waals surface area contributed by atoms with Crippen molar-refractivity contribution in [2.45, 2.75) is 70.0 Å². The number of carbonyl (C=O) groups excluding carboxylic acids is 1. The van der Waals surface area contributed by atoms with Gasteiger partial charge in [0.1, 0.15) is 5.82 Å². The molecule has 1 aliphatic carbocycles. The van der Waals surface area contributed by atoms with Crippen LogP contribution in [0, 0.1) is 11.6 Å². The highest BCUT2D eigenvalue weighted by molar-refractivity contribution is 5.94. The third-order valence-corrected chi connectivity index (χ3v) is 7.21. The molecule has 1 aromatic carbocycles. The summed E-state index contributed by atoms with van der Waals surface area (Å²) in [5.74, 6) is -1.90. The number of carbonyl (C=O) groups is 1. The van der Waals surface area contributed by atoms with Gasteiger partial charge in [-0.15, -0.1) is 0 Å². The van der Waals surface area contributed by atoms with Gasteiger partial charge in [-0.1, -0.05) is 12.8 Å². The molecule has 1 atom stereocenters. The zero-order chi connectivity index (χ0) is 22.2. The van der Waals surface area contributed by atoms with E-state index in [1.165, 1.54) is 31.7 Å². The second-order valence-corrected chi connectivity index (χ2v) is 9.17. The molecule has 1 saturated carbocycles.